The molecule has 2 aromatic rings. The van der Waals surface area contributed by atoms with Crippen molar-refractivity contribution in [3.05, 3.63) is 23.8 Å². The van der Waals surface area contributed by atoms with Gasteiger partial charge in [-0.2, -0.15) is 0 Å². The molecular formula is C24H34F2N4O3. The largest absolute Gasteiger partial charge is 0.381 e. The molecule has 9 heteroatoms. The lowest BCUT2D eigenvalue weighted by atomic mass is 9.84. The summed E-state index contributed by atoms with van der Waals surface area (Å²) in [6.45, 7) is 3.83. The highest BCUT2D eigenvalue weighted by Crippen LogP contribution is 2.27. The number of nitrogens with zero attached hydrogens (tertiary/aromatic N) is 1. The van der Waals surface area contributed by atoms with Gasteiger partial charge in [-0.25, -0.2) is 8.78 Å². The normalized spacial score (nSPS) is 21.9. The quantitative estimate of drug-likeness (QED) is 0.461. The van der Waals surface area contributed by atoms with Crippen molar-refractivity contribution in [2.24, 2.45) is 11.8 Å². The van der Waals surface area contributed by atoms with Gasteiger partial charge in [-0.15, -0.1) is 0 Å². The maximum atomic E-state index is 13.4. The summed E-state index contributed by atoms with van der Waals surface area (Å²) < 4.78 is 37.1. The van der Waals surface area contributed by atoms with Gasteiger partial charge in [0, 0.05) is 44.8 Å². The summed E-state index contributed by atoms with van der Waals surface area (Å²) in [6, 6.07) is 2.43. The number of halogens is 2. The molecule has 7 nitrogen and oxygen atoms in total. The zero-order valence-corrected chi connectivity index (χ0v) is 19.0. The van der Waals surface area contributed by atoms with Crippen LogP contribution in [0.2, 0.25) is 0 Å². The monoisotopic (exact) mass is 464 g/mol. The fourth-order valence-electron chi connectivity index (χ4n) is 4.86. The van der Waals surface area contributed by atoms with E-state index in [2.05, 4.69) is 21.1 Å². The van der Waals surface area contributed by atoms with E-state index in [0.717, 1.165) is 83.4 Å². The van der Waals surface area contributed by atoms with Crippen LogP contribution in [0.1, 0.15) is 51.4 Å². The smallest absolute Gasteiger partial charge is 0.220 e. The number of aromatic nitrogens is 1. The van der Waals surface area contributed by atoms with E-state index in [1.54, 1.807) is 0 Å². The van der Waals surface area contributed by atoms with Crippen LogP contribution in [0.5, 0.6) is 0 Å². The molecule has 1 amide bonds. The molecule has 4 rings (SSSR count). The highest BCUT2D eigenvalue weighted by Gasteiger charge is 2.24. The number of hydrogen-bond donors (Lipinski definition) is 3. The fraction of sp³-hybridized carbons (Fsp3) is 0.667. The number of anilines is 1. The minimum Gasteiger partial charge on any atom is -0.381 e. The first-order chi connectivity index (χ1) is 16.1. The molecule has 33 heavy (non-hydrogen) atoms. The van der Waals surface area contributed by atoms with E-state index in [1.165, 1.54) is 0 Å². The Kier molecular flexibility index (Phi) is 8.50. The molecule has 1 aliphatic heterocycles. The number of carbonyl (C=O) groups is 1. The molecule has 1 saturated heterocycles. The molecule has 0 radical (unpaired) electrons. The van der Waals surface area contributed by atoms with E-state index in [-0.39, 0.29) is 11.5 Å². The minimum absolute atomic E-state index is 0.201. The number of benzene rings is 1. The van der Waals surface area contributed by atoms with Crippen molar-refractivity contribution in [3.63, 3.8) is 0 Å². The second-order valence-corrected chi connectivity index (χ2v) is 9.30. The molecule has 3 N–H and O–H groups in total. The Balaban J connectivity index is 1.06. The third kappa shape index (κ3) is 6.86. The van der Waals surface area contributed by atoms with Gasteiger partial charge in [-0.05, 0) is 69.4 Å². The van der Waals surface area contributed by atoms with Crippen LogP contribution in [-0.2, 0) is 9.53 Å². The summed E-state index contributed by atoms with van der Waals surface area (Å²) in [6.07, 6.45) is 8.15. The van der Waals surface area contributed by atoms with Crippen LogP contribution in [0.4, 0.5) is 14.6 Å². The summed E-state index contributed by atoms with van der Waals surface area (Å²) in [7, 11) is 0. The Morgan fingerprint density at radius 3 is 2.52 bits per heavy atom. The van der Waals surface area contributed by atoms with Crippen LogP contribution >= 0.6 is 0 Å². The molecule has 0 atom stereocenters. The predicted molar refractivity (Wildman–Crippen MR) is 122 cm³/mol. The summed E-state index contributed by atoms with van der Waals surface area (Å²) in [5.41, 5.74) is 0.222. The molecule has 2 aliphatic rings. The van der Waals surface area contributed by atoms with Gasteiger partial charge in [0.05, 0.1) is 5.39 Å². The number of nitrogens with one attached hydrogen (secondary N) is 3. The molecule has 0 bridgehead atoms. The summed E-state index contributed by atoms with van der Waals surface area (Å²) in [4.78, 5) is 12.3. The van der Waals surface area contributed by atoms with Gasteiger partial charge >= 0.3 is 0 Å². The number of amides is 1. The number of rotatable bonds is 10. The second kappa shape index (κ2) is 11.7. The molecule has 182 valence electrons. The third-order valence-corrected chi connectivity index (χ3v) is 6.86. The van der Waals surface area contributed by atoms with Crippen LogP contribution in [0.25, 0.3) is 11.0 Å². The lowest BCUT2D eigenvalue weighted by molar-refractivity contribution is -0.123. The fourth-order valence-corrected chi connectivity index (χ4v) is 4.86. The second-order valence-electron chi connectivity index (χ2n) is 9.30. The van der Waals surface area contributed by atoms with E-state index in [9.17, 15) is 13.6 Å². The minimum atomic E-state index is -0.946. The lowest BCUT2D eigenvalue weighted by Gasteiger charge is -2.30. The number of carbonyl (C=O) groups excluding carboxylic acids is 1. The molecule has 2 fully saturated rings. The van der Waals surface area contributed by atoms with Crippen LogP contribution in [-0.4, -0.2) is 50.0 Å². The van der Waals surface area contributed by atoms with Crippen molar-refractivity contribution in [1.29, 1.82) is 0 Å². The average molecular weight is 465 g/mol. The maximum absolute atomic E-state index is 13.4. The summed E-state index contributed by atoms with van der Waals surface area (Å²) in [5, 5.41) is 14.0. The Hall–Kier alpha value is -2.26. The zero-order valence-electron chi connectivity index (χ0n) is 19.0. The molecule has 1 saturated carbocycles. The zero-order chi connectivity index (χ0) is 23.0. The third-order valence-electron chi connectivity index (χ3n) is 6.86. The number of ether oxygens (including phenoxy) is 1. The molecular weight excluding hydrogens is 430 g/mol. The van der Waals surface area contributed by atoms with Crippen molar-refractivity contribution >= 4 is 22.7 Å². The first kappa shape index (κ1) is 23.9. The van der Waals surface area contributed by atoms with Gasteiger partial charge < -0.3 is 25.2 Å². The maximum Gasteiger partial charge on any atom is 0.220 e. The van der Waals surface area contributed by atoms with Crippen LogP contribution < -0.4 is 16.0 Å². The Morgan fingerprint density at radius 1 is 0.970 bits per heavy atom. The van der Waals surface area contributed by atoms with E-state index < -0.39 is 11.6 Å². The molecule has 2 heterocycles. The Bertz CT molecular complexity index is 908. The standard InChI is InChI=1S/C24H34F2N4O3/c25-20-14-19-22(15-21(20)26)33-30-24(19)28-10-9-27-8-5-16-1-3-18(4-2-16)29-23(31)13-17-6-11-32-12-7-17/h14-18,27H,1-13H2,(H,28,30)(H,29,31). The lowest BCUT2D eigenvalue weighted by Crippen LogP contribution is -2.39. The SMILES string of the molecule is O=C(CC1CCOCC1)NC1CCC(CCNCCNc2noc3cc(F)c(F)cc23)CC1. The average Bonchev–Trinajstić information content (AvgIpc) is 3.19. The van der Waals surface area contributed by atoms with Gasteiger partial charge in [0.15, 0.2) is 23.0 Å². The van der Waals surface area contributed by atoms with Crippen molar-refractivity contribution < 1.29 is 22.8 Å². The molecule has 0 unspecified atom stereocenters. The van der Waals surface area contributed by atoms with Crippen LogP contribution in [0.15, 0.2) is 16.7 Å². The van der Waals surface area contributed by atoms with Crippen LogP contribution in [0, 0.1) is 23.5 Å². The van der Waals surface area contributed by atoms with Gasteiger partial charge in [-0.1, -0.05) is 5.16 Å². The highest BCUT2D eigenvalue weighted by atomic mass is 19.2. The number of hydrogen-bond acceptors (Lipinski definition) is 6. The first-order valence-corrected chi connectivity index (χ1v) is 12.1. The topological polar surface area (TPSA) is 88.4 Å². The van der Waals surface area contributed by atoms with E-state index in [4.69, 9.17) is 9.26 Å². The molecule has 1 aliphatic carbocycles. The predicted octanol–water partition coefficient (Wildman–Crippen LogP) is 3.99. The number of fused-ring (bicyclic) bond motifs is 1. The van der Waals surface area contributed by atoms with E-state index in [1.807, 2.05) is 0 Å². The van der Waals surface area contributed by atoms with Gasteiger partial charge in [0.1, 0.15) is 0 Å². The summed E-state index contributed by atoms with van der Waals surface area (Å²) >= 11 is 0. The molecule has 1 aromatic heterocycles. The van der Waals surface area contributed by atoms with Gasteiger partial charge in [0.2, 0.25) is 5.91 Å². The van der Waals surface area contributed by atoms with Crippen molar-refractivity contribution in [3.8, 4) is 0 Å². The van der Waals surface area contributed by atoms with Gasteiger partial charge in [-0.3, -0.25) is 4.79 Å². The first-order valence-electron chi connectivity index (χ1n) is 12.1. The van der Waals surface area contributed by atoms with Gasteiger partial charge in [0.25, 0.3) is 0 Å². The van der Waals surface area contributed by atoms with Crippen LogP contribution in [0.3, 0.4) is 0 Å². The van der Waals surface area contributed by atoms with Crippen molar-refractivity contribution in [2.75, 3.05) is 38.2 Å². The molecule has 0 spiro atoms. The summed E-state index contributed by atoms with van der Waals surface area (Å²) in [5.74, 6) is -0.0804. The van der Waals surface area contributed by atoms with Crippen molar-refractivity contribution in [1.82, 2.24) is 15.8 Å². The van der Waals surface area contributed by atoms with Crippen molar-refractivity contribution in [2.45, 2.75) is 57.4 Å². The molecule has 1 aromatic carbocycles. The Labute approximate surface area is 193 Å². The van der Waals surface area contributed by atoms with E-state index >= 15 is 0 Å². The highest BCUT2D eigenvalue weighted by molar-refractivity contribution is 5.88. The Morgan fingerprint density at radius 2 is 1.73 bits per heavy atom. The van der Waals surface area contributed by atoms with E-state index in [0.29, 0.717) is 42.0 Å².